The lowest BCUT2D eigenvalue weighted by atomic mass is 10.1. The number of amides is 1. The van der Waals surface area contributed by atoms with Crippen molar-refractivity contribution >= 4 is 34.2 Å². The molecule has 0 saturated carbocycles. The summed E-state index contributed by atoms with van der Waals surface area (Å²) in [5.74, 6) is 1.48. The van der Waals surface area contributed by atoms with Crippen LogP contribution in [0.3, 0.4) is 0 Å². The number of anilines is 1. The van der Waals surface area contributed by atoms with Gasteiger partial charge in [0.1, 0.15) is 24.3 Å². The Morgan fingerprint density at radius 3 is 2.55 bits per heavy atom. The summed E-state index contributed by atoms with van der Waals surface area (Å²) in [7, 11) is 0. The van der Waals surface area contributed by atoms with Gasteiger partial charge in [-0.15, -0.1) is 0 Å². The maximum Gasteiger partial charge on any atom is 0.227 e. The Morgan fingerprint density at radius 2 is 1.76 bits per heavy atom. The number of aromatic nitrogens is 2. The third-order valence-corrected chi connectivity index (χ3v) is 6.14. The van der Waals surface area contributed by atoms with Gasteiger partial charge in [-0.25, -0.2) is 4.98 Å². The second kappa shape index (κ2) is 9.25. The molecular weight excluding hydrogens is 438 g/mol. The van der Waals surface area contributed by atoms with Gasteiger partial charge in [0.15, 0.2) is 0 Å². The Bertz CT molecular complexity index is 1260. The lowest BCUT2D eigenvalue weighted by molar-refractivity contribution is -0.117. The molecule has 0 aliphatic carbocycles. The van der Waals surface area contributed by atoms with Gasteiger partial charge in [-0.2, -0.15) is 0 Å². The number of aliphatic hydroxyl groups excluding tert-OH is 1. The van der Waals surface area contributed by atoms with Crippen LogP contribution in [-0.4, -0.2) is 39.8 Å². The van der Waals surface area contributed by atoms with Crippen molar-refractivity contribution in [3.8, 4) is 5.75 Å². The molecule has 5 rings (SSSR count). The number of halogens is 1. The third kappa shape index (κ3) is 4.58. The molecule has 1 aromatic heterocycles. The third-order valence-electron chi connectivity index (χ3n) is 5.89. The molecule has 1 fully saturated rings. The molecule has 33 heavy (non-hydrogen) atoms. The monoisotopic (exact) mass is 461 g/mol. The highest BCUT2D eigenvalue weighted by Crippen LogP contribution is 2.33. The van der Waals surface area contributed by atoms with Crippen LogP contribution >= 0.6 is 11.6 Å². The number of hydrogen-bond donors (Lipinski definition) is 1. The smallest absolute Gasteiger partial charge is 0.227 e. The van der Waals surface area contributed by atoms with Gasteiger partial charge < -0.3 is 19.3 Å². The fraction of sp³-hybridized carbons (Fsp3) is 0.231. The lowest BCUT2D eigenvalue weighted by Gasteiger charge is -2.19. The Labute approximate surface area is 197 Å². The number of hydrogen-bond acceptors (Lipinski definition) is 4. The average Bonchev–Trinajstić information content (AvgIpc) is 3.40. The highest BCUT2D eigenvalue weighted by Gasteiger charge is 2.35. The number of rotatable bonds is 7. The van der Waals surface area contributed by atoms with E-state index in [1.165, 1.54) is 0 Å². The number of carbonyl (C=O) groups is 1. The molecule has 0 radical (unpaired) electrons. The predicted molar refractivity (Wildman–Crippen MR) is 129 cm³/mol. The van der Waals surface area contributed by atoms with E-state index in [2.05, 4.69) is 0 Å². The van der Waals surface area contributed by atoms with Crippen molar-refractivity contribution in [1.82, 2.24) is 9.55 Å². The van der Waals surface area contributed by atoms with Gasteiger partial charge in [0.25, 0.3) is 0 Å². The number of benzene rings is 3. The molecule has 1 amide bonds. The summed E-state index contributed by atoms with van der Waals surface area (Å²) in [6.07, 6.45) is -0.366. The van der Waals surface area contributed by atoms with E-state index in [0.29, 0.717) is 30.3 Å². The molecule has 0 bridgehead atoms. The summed E-state index contributed by atoms with van der Waals surface area (Å²) in [6.45, 7) is 1.01. The van der Waals surface area contributed by atoms with Gasteiger partial charge in [-0.3, -0.25) is 4.79 Å². The zero-order chi connectivity index (χ0) is 22.8. The van der Waals surface area contributed by atoms with Gasteiger partial charge in [0.2, 0.25) is 5.91 Å². The first-order valence-corrected chi connectivity index (χ1v) is 11.3. The van der Waals surface area contributed by atoms with Gasteiger partial charge in [-0.1, -0.05) is 41.9 Å². The van der Waals surface area contributed by atoms with Crippen LogP contribution in [0.2, 0.25) is 5.02 Å². The molecule has 2 heterocycles. The predicted octanol–water partition coefficient (Wildman–Crippen LogP) is 4.65. The van der Waals surface area contributed by atoms with Crippen molar-refractivity contribution in [2.24, 2.45) is 0 Å². The standard InChI is InChI=1S/C26H24ClN3O3/c27-19-10-12-22(13-11-19)33-17-21(31)16-30-24-9-5-4-8-23(24)28-26(30)18-14-25(32)29(15-18)20-6-2-1-3-7-20/h1-13,18,21,31H,14-17H2/t18-,21+/m0/s1. The first-order valence-electron chi connectivity index (χ1n) is 11.0. The van der Waals surface area contributed by atoms with Crippen molar-refractivity contribution in [1.29, 1.82) is 0 Å². The molecule has 7 heteroatoms. The maximum atomic E-state index is 12.8. The molecule has 1 aliphatic heterocycles. The number of para-hydroxylation sites is 3. The topological polar surface area (TPSA) is 67.6 Å². The minimum atomic E-state index is -0.751. The van der Waals surface area contributed by atoms with E-state index < -0.39 is 6.10 Å². The van der Waals surface area contributed by atoms with Crippen molar-refractivity contribution in [2.75, 3.05) is 18.1 Å². The van der Waals surface area contributed by atoms with E-state index in [9.17, 15) is 9.90 Å². The zero-order valence-corrected chi connectivity index (χ0v) is 18.7. The van der Waals surface area contributed by atoms with Crippen molar-refractivity contribution < 1.29 is 14.6 Å². The molecular formula is C26H24ClN3O3. The molecule has 1 saturated heterocycles. The molecule has 6 nitrogen and oxygen atoms in total. The molecule has 0 unspecified atom stereocenters. The van der Waals surface area contributed by atoms with Crippen molar-refractivity contribution in [3.05, 3.63) is 89.7 Å². The molecule has 1 aliphatic rings. The van der Waals surface area contributed by atoms with Crippen LogP contribution < -0.4 is 9.64 Å². The number of aliphatic hydroxyl groups is 1. The van der Waals surface area contributed by atoms with Crippen LogP contribution in [0.5, 0.6) is 5.75 Å². The van der Waals surface area contributed by atoms with Gasteiger partial charge in [0.05, 0.1) is 17.6 Å². The summed E-state index contributed by atoms with van der Waals surface area (Å²) < 4.78 is 7.76. The fourth-order valence-electron chi connectivity index (χ4n) is 4.32. The molecule has 0 spiro atoms. The van der Waals surface area contributed by atoms with Crippen LogP contribution in [-0.2, 0) is 11.3 Å². The van der Waals surface area contributed by atoms with Gasteiger partial charge in [0, 0.05) is 29.6 Å². The van der Waals surface area contributed by atoms with E-state index in [1.54, 1.807) is 24.3 Å². The minimum Gasteiger partial charge on any atom is -0.491 e. The number of nitrogens with zero attached hydrogens (tertiary/aromatic N) is 3. The molecule has 3 aromatic carbocycles. The summed E-state index contributed by atoms with van der Waals surface area (Å²) in [5.41, 5.74) is 2.68. The van der Waals surface area contributed by atoms with Crippen LogP contribution in [0.1, 0.15) is 18.2 Å². The number of carbonyl (C=O) groups excluding carboxylic acids is 1. The van der Waals surface area contributed by atoms with E-state index in [0.717, 1.165) is 22.5 Å². The Morgan fingerprint density at radius 1 is 1.03 bits per heavy atom. The highest BCUT2D eigenvalue weighted by molar-refractivity contribution is 6.30. The fourth-order valence-corrected chi connectivity index (χ4v) is 4.45. The Balaban J connectivity index is 1.37. The second-order valence-corrected chi connectivity index (χ2v) is 8.67. The highest BCUT2D eigenvalue weighted by atomic mass is 35.5. The first kappa shape index (κ1) is 21.5. The minimum absolute atomic E-state index is 0.0607. The van der Waals surface area contributed by atoms with Crippen LogP contribution in [0.25, 0.3) is 11.0 Å². The van der Waals surface area contributed by atoms with Crippen molar-refractivity contribution in [2.45, 2.75) is 25.0 Å². The molecule has 168 valence electrons. The van der Waals surface area contributed by atoms with E-state index in [1.807, 2.05) is 64.1 Å². The summed E-state index contributed by atoms with van der Waals surface area (Å²) in [6, 6.07) is 24.6. The molecule has 1 N–H and O–H groups in total. The molecule has 4 aromatic rings. The van der Waals surface area contributed by atoms with Gasteiger partial charge in [-0.05, 0) is 48.5 Å². The maximum absolute atomic E-state index is 12.8. The lowest BCUT2D eigenvalue weighted by Crippen LogP contribution is -2.26. The van der Waals surface area contributed by atoms with E-state index in [-0.39, 0.29) is 18.4 Å². The first-order chi connectivity index (χ1) is 16.1. The SMILES string of the molecule is O=C1C[C@H](c2nc3ccccc3n2C[C@@H](O)COc2ccc(Cl)cc2)CN1c1ccccc1. The summed E-state index contributed by atoms with van der Waals surface area (Å²) in [5, 5.41) is 11.4. The summed E-state index contributed by atoms with van der Waals surface area (Å²) >= 11 is 5.92. The normalized spacial score (nSPS) is 17.0. The van der Waals surface area contributed by atoms with Crippen LogP contribution in [0.15, 0.2) is 78.9 Å². The number of ether oxygens (including phenoxy) is 1. The van der Waals surface area contributed by atoms with Crippen LogP contribution in [0.4, 0.5) is 5.69 Å². The second-order valence-electron chi connectivity index (χ2n) is 8.23. The van der Waals surface area contributed by atoms with E-state index >= 15 is 0 Å². The Hall–Kier alpha value is -3.35. The quantitative estimate of drug-likeness (QED) is 0.435. The van der Waals surface area contributed by atoms with Crippen molar-refractivity contribution in [3.63, 3.8) is 0 Å². The van der Waals surface area contributed by atoms with Gasteiger partial charge >= 0.3 is 0 Å². The molecule has 2 atom stereocenters. The Kier molecular flexibility index (Phi) is 6.03. The van der Waals surface area contributed by atoms with E-state index in [4.69, 9.17) is 21.3 Å². The zero-order valence-electron chi connectivity index (χ0n) is 18.0. The number of fused-ring (bicyclic) bond motifs is 1. The summed E-state index contributed by atoms with van der Waals surface area (Å²) in [4.78, 5) is 19.5. The largest absolute Gasteiger partial charge is 0.491 e. The number of imidazole rings is 1. The average molecular weight is 462 g/mol. The van der Waals surface area contributed by atoms with Crippen LogP contribution in [0, 0.1) is 0 Å².